The maximum absolute atomic E-state index is 13.5. The van der Waals surface area contributed by atoms with E-state index in [2.05, 4.69) is 10.3 Å². The van der Waals surface area contributed by atoms with E-state index in [0.29, 0.717) is 26.2 Å². The second-order valence-corrected chi connectivity index (χ2v) is 8.93. The number of ether oxygens (including phenoxy) is 1. The molecule has 0 saturated carbocycles. The van der Waals surface area contributed by atoms with E-state index in [4.69, 9.17) is 4.74 Å². The number of aryl methyl sites for hydroxylation is 1. The molecule has 32 heavy (non-hydrogen) atoms. The highest BCUT2D eigenvalue weighted by atomic mass is 32.2. The van der Waals surface area contributed by atoms with Crippen LogP contribution < -0.4 is 21.3 Å². The van der Waals surface area contributed by atoms with Crippen molar-refractivity contribution in [3.8, 4) is 11.4 Å². The molecule has 0 aliphatic carbocycles. The van der Waals surface area contributed by atoms with Crippen LogP contribution in [0.4, 0.5) is 5.69 Å². The first-order valence-electron chi connectivity index (χ1n) is 9.64. The lowest BCUT2D eigenvalue weighted by Crippen LogP contribution is -2.40. The molecule has 0 saturated heterocycles. The van der Waals surface area contributed by atoms with Gasteiger partial charge in [0, 0.05) is 5.69 Å². The number of carbonyl (C=O) groups excluding carboxylic acids is 1. The summed E-state index contributed by atoms with van der Waals surface area (Å²) in [7, 11) is 1.47. The second kappa shape index (κ2) is 9.01. The Morgan fingerprint density at radius 2 is 1.88 bits per heavy atom. The van der Waals surface area contributed by atoms with E-state index in [0.717, 1.165) is 10.1 Å². The molecule has 2 aromatic heterocycles. The van der Waals surface area contributed by atoms with Crippen LogP contribution in [0.2, 0.25) is 0 Å². The first-order chi connectivity index (χ1) is 15.4. The fourth-order valence-electron chi connectivity index (χ4n) is 3.32. The summed E-state index contributed by atoms with van der Waals surface area (Å²) < 4.78 is 8.54. The summed E-state index contributed by atoms with van der Waals surface area (Å²) in [6, 6.07) is 14.1. The van der Waals surface area contributed by atoms with Gasteiger partial charge in [-0.2, -0.15) is 0 Å². The van der Waals surface area contributed by atoms with Gasteiger partial charge in [-0.15, -0.1) is 11.3 Å². The smallest absolute Gasteiger partial charge is 0.337 e. The molecule has 164 valence electrons. The molecule has 1 amide bonds. The third-order valence-corrected chi connectivity index (χ3v) is 6.90. The summed E-state index contributed by atoms with van der Waals surface area (Å²) in [6.07, 6.45) is 1.84. The monoisotopic (exact) mass is 468 g/mol. The van der Waals surface area contributed by atoms with Crippen LogP contribution in [0.3, 0.4) is 0 Å². The van der Waals surface area contributed by atoms with Gasteiger partial charge in [-0.1, -0.05) is 42.1 Å². The van der Waals surface area contributed by atoms with Crippen molar-refractivity contribution in [3.63, 3.8) is 0 Å². The lowest BCUT2D eigenvalue weighted by molar-refractivity contribution is -0.116. The van der Waals surface area contributed by atoms with Crippen LogP contribution in [0.15, 0.2) is 62.5 Å². The van der Waals surface area contributed by atoms with Crippen molar-refractivity contribution < 1.29 is 9.53 Å². The third kappa shape index (κ3) is 3.94. The van der Waals surface area contributed by atoms with Gasteiger partial charge in [0.2, 0.25) is 5.91 Å². The van der Waals surface area contributed by atoms with E-state index in [1.807, 2.05) is 31.4 Å². The molecule has 2 aromatic carbocycles. The molecule has 0 unspecified atom stereocenters. The molecular weight excluding hydrogens is 448 g/mol. The Balaban J connectivity index is 1.89. The Hall–Kier alpha value is -3.37. The third-order valence-electron chi connectivity index (χ3n) is 4.89. The minimum absolute atomic E-state index is 0.195. The molecule has 10 heteroatoms. The largest absolute Gasteiger partial charge is 0.495 e. The molecule has 0 spiro atoms. The molecule has 0 bridgehead atoms. The number of rotatable bonds is 6. The van der Waals surface area contributed by atoms with Crippen LogP contribution in [0.25, 0.3) is 16.0 Å². The topological polar surface area (TPSA) is 95.2 Å². The van der Waals surface area contributed by atoms with E-state index in [-0.39, 0.29) is 12.2 Å². The molecule has 0 aliphatic rings. The normalized spacial score (nSPS) is 11.0. The molecule has 4 rings (SSSR count). The standard InChI is InChI=1S/C22H20N4O4S2/c1-13-8-4-5-9-14(13)23-17(27)12-25-19-18(32-21(24-19)31-3)20(28)26(22(25)29)15-10-6-7-11-16(15)30-2/h4-11H,12H2,1-3H3,(H,23,27). The highest BCUT2D eigenvalue weighted by Crippen LogP contribution is 2.26. The lowest BCUT2D eigenvalue weighted by atomic mass is 10.2. The SMILES string of the molecule is COc1ccccc1-n1c(=O)c2sc(SC)nc2n(CC(=O)Nc2ccccc2C)c1=O. The van der Waals surface area contributed by atoms with Gasteiger partial charge in [0.05, 0.1) is 12.8 Å². The molecule has 4 aromatic rings. The number of para-hydroxylation sites is 3. The average Bonchev–Trinajstić information content (AvgIpc) is 3.23. The molecule has 0 aliphatic heterocycles. The quantitative estimate of drug-likeness (QED) is 0.437. The van der Waals surface area contributed by atoms with Gasteiger partial charge in [-0.25, -0.2) is 14.3 Å². The van der Waals surface area contributed by atoms with Gasteiger partial charge in [-0.3, -0.25) is 14.2 Å². The predicted molar refractivity (Wildman–Crippen MR) is 128 cm³/mol. The van der Waals surface area contributed by atoms with Gasteiger partial charge < -0.3 is 10.1 Å². The minimum atomic E-state index is -0.662. The number of hydrogen-bond donors (Lipinski definition) is 1. The molecule has 0 atom stereocenters. The van der Waals surface area contributed by atoms with Crippen molar-refractivity contribution in [2.24, 2.45) is 0 Å². The number of hydrogen-bond acceptors (Lipinski definition) is 7. The Morgan fingerprint density at radius 1 is 1.16 bits per heavy atom. The number of amides is 1. The number of methoxy groups -OCH3 is 1. The van der Waals surface area contributed by atoms with E-state index in [1.54, 1.807) is 30.3 Å². The fourth-order valence-corrected chi connectivity index (χ4v) is 4.81. The molecule has 2 heterocycles. The van der Waals surface area contributed by atoms with Crippen LogP contribution in [-0.4, -0.2) is 33.4 Å². The van der Waals surface area contributed by atoms with Gasteiger partial charge in [0.1, 0.15) is 17.0 Å². The van der Waals surface area contributed by atoms with Crippen LogP contribution in [-0.2, 0) is 11.3 Å². The summed E-state index contributed by atoms with van der Waals surface area (Å²) >= 11 is 2.56. The van der Waals surface area contributed by atoms with Crippen molar-refractivity contribution in [2.45, 2.75) is 17.8 Å². The number of thiazole rings is 1. The first kappa shape index (κ1) is 21.8. The van der Waals surface area contributed by atoms with Crippen molar-refractivity contribution in [1.82, 2.24) is 14.1 Å². The zero-order chi connectivity index (χ0) is 22.8. The number of nitrogens with one attached hydrogen (secondary N) is 1. The number of thioether (sulfide) groups is 1. The summed E-state index contributed by atoms with van der Waals surface area (Å²) in [5, 5.41) is 2.83. The predicted octanol–water partition coefficient (Wildman–Crippen LogP) is 3.29. The van der Waals surface area contributed by atoms with Crippen LogP contribution in [0.5, 0.6) is 5.75 Å². The van der Waals surface area contributed by atoms with E-state index >= 15 is 0 Å². The number of aromatic nitrogens is 3. The van der Waals surface area contributed by atoms with Crippen LogP contribution in [0.1, 0.15) is 5.56 Å². The number of carbonyl (C=O) groups is 1. The molecule has 0 radical (unpaired) electrons. The van der Waals surface area contributed by atoms with E-state index in [9.17, 15) is 14.4 Å². The Morgan fingerprint density at radius 3 is 2.59 bits per heavy atom. The molecular formula is C22H20N4O4S2. The summed E-state index contributed by atoms with van der Waals surface area (Å²) in [6.45, 7) is 1.59. The summed E-state index contributed by atoms with van der Waals surface area (Å²) in [5.74, 6) is -0.0248. The van der Waals surface area contributed by atoms with Crippen LogP contribution >= 0.6 is 23.1 Å². The highest BCUT2D eigenvalue weighted by molar-refractivity contribution is 8.00. The van der Waals surface area contributed by atoms with E-state index in [1.165, 1.54) is 34.8 Å². The van der Waals surface area contributed by atoms with Crippen LogP contribution in [0, 0.1) is 6.92 Å². The van der Waals surface area contributed by atoms with Crippen molar-refractivity contribution in [1.29, 1.82) is 0 Å². The summed E-state index contributed by atoms with van der Waals surface area (Å²) in [5.41, 5.74) is 0.894. The van der Waals surface area contributed by atoms with Crippen molar-refractivity contribution >= 4 is 45.0 Å². The number of anilines is 1. The highest BCUT2D eigenvalue weighted by Gasteiger charge is 2.22. The zero-order valence-electron chi connectivity index (χ0n) is 17.6. The van der Waals surface area contributed by atoms with Gasteiger partial charge >= 0.3 is 5.69 Å². The Labute approximate surface area is 191 Å². The minimum Gasteiger partial charge on any atom is -0.495 e. The Bertz CT molecular complexity index is 1440. The number of nitrogens with zero attached hydrogens (tertiary/aromatic N) is 3. The fraction of sp³-hybridized carbons (Fsp3) is 0.182. The van der Waals surface area contributed by atoms with Gasteiger partial charge in [-0.05, 0) is 36.9 Å². The second-order valence-electron chi connectivity index (χ2n) is 6.88. The first-order valence-corrected chi connectivity index (χ1v) is 11.7. The molecule has 0 fully saturated rings. The van der Waals surface area contributed by atoms with Gasteiger partial charge in [0.25, 0.3) is 5.56 Å². The molecule has 8 nitrogen and oxygen atoms in total. The number of benzene rings is 2. The van der Waals surface area contributed by atoms with Crippen molar-refractivity contribution in [3.05, 3.63) is 74.9 Å². The van der Waals surface area contributed by atoms with Crippen molar-refractivity contribution in [2.75, 3.05) is 18.7 Å². The summed E-state index contributed by atoms with van der Waals surface area (Å²) in [4.78, 5) is 44.0. The average molecular weight is 469 g/mol. The zero-order valence-corrected chi connectivity index (χ0v) is 19.3. The molecule has 1 N–H and O–H groups in total. The lowest BCUT2D eigenvalue weighted by Gasteiger charge is -2.14. The Kier molecular flexibility index (Phi) is 6.15. The van der Waals surface area contributed by atoms with E-state index < -0.39 is 17.2 Å². The van der Waals surface area contributed by atoms with Gasteiger partial charge in [0.15, 0.2) is 9.99 Å². The maximum atomic E-state index is 13.5. The number of fused-ring (bicyclic) bond motifs is 1. The maximum Gasteiger partial charge on any atom is 0.337 e.